The van der Waals surface area contributed by atoms with E-state index in [0.29, 0.717) is 24.2 Å². The Morgan fingerprint density at radius 2 is 2.23 bits per heavy atom. The highest BCUT2D eigenvalue weighted by Crippen LogP contribution is 2.50. The molecule has 1 rings (SSSR count). The predicted molar refractivity (Wildman–Crippen MR) is 51.2 cm³/mol. The SMILES string of the molecule is CC1(C)CC1CNC(=O)CCCO. The fourth-order valence-corrected chi connectivity index (χ4v) is 1.49. The molecule has 1 aliphatic rings. The maximum absolute atomic E-state index is 11.1. The van der Waals surface area contributed by atoms with Crippen molar-refractivity contribution in [2.75, 3.05) is 13.2 Å². The Hall–Kier alpha value is -0.570. The van der Waals surface area contributed by atoms with Crippen molar-refractivity contribution < 1.29 is 9.90 Å². The summed E-state index contributed by atoms with van der Waals surface area (Å²) < 4.78 is 0. The number of hydrogen-bond donors (Lipinski definition) is 2. The van der Waals surface area contributed by atoms with Crippen LogP contribution in [0.15, 0.2) is 0 Å². The summed E-state index contributed by atoms with van der Waals surface area (Å²) in [5.41, 5.74) is 0.435. The minimum absolute atomic E-state index is 0.0664. The summed E-state index contributed by atoms with van der Waals surface area (Å²) in [4.78, 5) is 11.1. The van der Waals surface area contributed by atoms with Gasteiger partial charge in [0.1, 0.15) is 0 Å². The molecule has 0 aromatic carbocycles. The average molecular weight is 185 g/mol. The van der Waals surface area contributed by atoms with E-state index in [2.05, 4.69) is 19.2 Å². The van der Waals surface area contributed by atoms with Crippen LogP contribution in [0.25, 0.3) is 0 Å². The van der Waals surface area contributed by atoms with Crippen LogP contribution >= 0.6 is 0 Å². The van der Waals surface area contributed by atoms with Crippen LogP contribution < -0.4 is 5.32 Å². The van der Waals surface area contributed by atoms with Gasteiger partial charge in [-0.3, -0.25) is 4.79 Å². The lowest BCUT2D eigenvalue weighted by Gasteiger charge is -2.05. The lowest BCUT2D eigenvalue weighted by molar-refractivity contribution is -0.121. The van der Waals surface area contributed by atoms with Gasteiger partial charge in [0, 0.05) is 19.6 Å². The molecule has 76 valence electrons. The van der Waals surface area contributed by atoms with Gasteiger partial charge in [-0.2, -0.15) is 0 Å². The number of aliphatic hydroxyl groups excluding tert-OH is 1. The molecule has 3 nitrogen and oxygen atoms in total. The Balaban J connectivity index is 2.03. The number of nitrogens with one attached hydrogen (secondary N) is 1. The lowest BCUT2D eigenvalue weighted by Crippen LogP contribution is -2.26. The van der Waals surface area contributed by atoms with Gasteiger partial charge in [-0.1, -0.05) is 13.8 Å². The quantitative estimate of drug-likeness (QED) is 0.669. The van der Waals surface area contributed by atoms with Crippen molar-refractivity contribution in [3.63, 3.8) is 0 Å². The van der Waals surface area contributed by atoms with E-state index in [4.69, 9.17) is 5.11 Å². The highest BCUT2D eigenvalue weighted by molar-refractivity contribution is 5.75. The summed E-state index contributed by atoms with van der Waals surface area (Å²) >= 11 is 0. The third kappa shape index (κ3) is 3.35. The van der Waals surface area contributed by atoms with Gasteiger partial charge in [0.25, 0.3) is 0 Å². The van der Waals surface area contributed by atoms with Crippen molar-refractivity contribution in [2.45, 2.75) is 33.1 Å². The van der Waals surface area contributed by atoms with Crippen LogP contribution in [0, 0.1) is 11.3 Å². The summed E-state index contributed by atoms with van der Waals surface area (Å²) in [5, 5.41) is 11.4. The first-order valence-corrected chi connectivity index (χ1v) is 4.94. The zero-order chi connectivity index (χ0) is 9.90. The van der Waals surface area contributed by atoms with Crippen LogP contribution in [-0.2, 0) is 4.79 Å². The highest BCUT2D eigenvalue weighted by Gasteiger charge is 2.45. The van der Waals surface area contributed by atoms with Gasteiger partial charge in [-0.05, 0) is 24.2 Å². The fraction of sp³-hybridized carbons (Fsp3) is 0.900. The maximum Gasteiger partial charge on any atom is 0.220 e. The first kappa shape index (κ1) is 10.5. The van der Waals surface area contributed by atoms with E-state index in [1.54, 1.807) is 0 Å². The van der Waals surface area contributed by atoms with Crippen LogP contribution in [0.5, 0.6) is 0 Å². The molecule has 0 heterocycles. The average Bonchev–Trinajstić information content (AvgIpc) is 2.67. The smallest absolute Gasteiger partial charge is 0.220 e. The molecule has 0 radical (unpaired) electrons. The molecule has 13 heavy (non-hydrogen) atoms. The number of carbonyl (C=O) groups is 1. The van der Waals surface area contributed by atoms with Gasteiger partial charge in [0.15, 0.2) is 0 Å². The summed E-state index contributed by atoms with van der Waals surface area (Å²) in [6.45, 7) is 5.34. The van der Waals surface area contributed by atoms with Crippen LogP contribution in [-0.4, -0.2) is 24.2 Å². The number of hydrogen-bond acceptors (Lipinski definition) is 2. The molecule has 1 amide bonds. The largest absolute Gasteiger partial charge is 0.396 e. The van der Waals surface area contributed by atoms with E-state index in [1.165, 1.54) is 6.42 Å². The molecule has 1 unspecified atom stereocenters. The molecular weight excluding hydrogens is 166 g/mol. The van der Waals surface area contributed by atoms with E-state index in [-0.39, 0.29) is 12.5 Å². The molecular formula is C10H19NO2. The molecule has 1 fully saturated rings. The van der Waals surface area contributed by atoms with E-state index < -0.39 is 0 Å². The Labute approximate surface area is 79.5 Å². The van der Waals surface area contributed by atoms with E-state index >= 15 is 0 Å². The van der Waals surface area contributed by atoms with Gasteiger partial charge in [-0.25, -0.2) is 0 Å². The number of aliphatic hydroxyl groups is 1. The Bertz CT molecular complexity index is 189. The standard InChI is InChI=1S/C10H19NO2/c1-10(2)6-8(10)7-11-9(13)4-3-5-12/h8,12H,3-7H2,1-2H3,(H,11,13). The topological polar surface area (TPSA) is 49.3 Å². The predicted octanol–water partition coefficient (Wildman–Crippen LogP) is 0.921. The second kappa shape index (κ2) is 4.09. The van der Waals surface area contributed by atoms with Crippen LogP contribution in [0.1, 0.15) is 33.1 Å². The van der Waals surface area contributed by atoms with Crippen molar-refractivity contribution in [2.24, 2.45) is 11.3 Å². The fourth-order valence-electron chi connectivity index (χ4n) is 1.49. The molecule has 3 heteroatoms. The minimum atomic E-state index is 0.0664. The highest BCUT2D eigenvalue weighted by atomic mass is 16.3. The number of carbonyl (C=O) groups excluding carboxylic acids is 1. The number of amides is 1. The molecule has 1 atom stereocenters. The lowest BCUT2D eigenvalue weighted by atomic mass is 10.1. The van der Waals surface area contributed by atoms with Crippen molar-refractivity contribution in [3.05, 3.63) is 0 Å². The summed E-state index contributed by atoms with van der Waals surface area (Å²) in [6.07, 6.45) is 2.23. The first-order chi connectivity index (χ1) is 6.06. The summed E-state index contributed by atoms with van der Waals surface area (Å²) in [5.74, 6) is 0.724. The molecule has 1 saturated carbocycles. The molecule has 0 aromatic heterocycles. The Morgan fingerprint density at radius 3 is 2.69 bits per heavy atom. The van der Waals surface area contributed by atoms with Crippen molar-refractivity contribution in [1.82, 2.24) is 5.32 Å². The minimum Gasteiger partial charge on any atom is -0.396 e. The summed E-state index contributed by atoms with van der Waals surface area (Å²) in [6, 6.07) is 0. The van der Waals surface area contributed by atoms with Crippen LogP contribution in [0.2, 0.25) is 0 Å². The van der Waals surface area contributed by atoms with Crippen LogP contribution in [0.3, 0.4) is 0 Å². The normalized spacial score (nSPS) is 24.1. The molecule has 2 N–H and O–H groups in total. The molecule has 0 spiro atoms. The molecule has 0 bridgehead atoms. The van der Waals surface area contributed by atoms with Gasteiger partial charge in [0.05, 0.1) is 0 Å². The van der Waals surface area contributed by atoms with Gasteiger partial charge >= 0.3 is 0 Å². The van der Waals surface area contributed by atoms with Crippen molar-refractivity contribution >= 4 is 5.91 Å². The second-order valence-corrected chi connectivity index (χ2v) is 4.52. The Kier molecular flexibility index (Phi) is 3.31. The van der Waals surface area contributed by atoms with E-state index in [0.717, 1.165) is 6.54 Å². The maximum atomic E-state index is 11.1. The van der Waals surface area contributed by atoms with Gasteiger partial charge < -0.3 is 10.4 Å². The van der Waals surface area contributed by atoms with Crippen molar-refractivity contribution in [1.29, 1.82) is 0 Å². The summed E-state index contributed by atoms with van der Waals surface area (Å²) in [7, 11) is 0. The first-order valence-electron chi connectivity index (χ1n) is 4.94. The molecule has 1 aliphatic carbocycles. The molecule has 0 saturated heterocycles. The molecule has 0 aliphatic heterocycles. The van der Waals surface area contributed by atoms with Gasteiger partial charge in [-0.15, -0.1) is 0 Å². The second-order valence-electron chi connectivity index (χ2n) is 4.52. The molecule has 0 aromatic rings. The van der Waals surface area contributed by atoms with Crippen molar-refractivity contribution in [3.8, 4) is 0 Å². The third-order valence-electron chi connectivity index (χ3n) is 2.83. The van der Waals surface area contributed by atoms with E-state index in [9.17, 15) is 4.79 Å². The monoisotopic (exact) mass is 185 g/mol. The third-order valence-corrected chi connectivity index (χ3v) is 2.83. The number of rotatable bonds is 5. The zero-order valence-corrected chi connectivity index (χ0v) is 8.47. The van der Waals surface area contributed by atoms with E-state index in [1.807, 2.05) is 0 Å². The van der Waals surface area contributed by atoms with Crippen LogP contribution in [0.4, 0.5) is 0 Å². The zero-order valence-electron chi connectivity index (χ0n) is 8.47. The Morgan fingerprint density at radius 1 is 1.62 bits per heavy atom. The van der Waals surface area contributed by atoms with Gasteiger partial charge in [0.2, 0.25) is 5.91 Å².